The van der Waals surface area contributed by atoms with Gasteiger partial charge in [0, 0.05) is 39.6 Å². The van der Waals surface area contributed by atoms with Crippen LogP contribution in [-0.2, 0) is 4.79 Å². The number of carbonyl (C=O) groups excluding carboxylic acids is 1. The summed E-state index contributed by atoms with van der Waals surface area (Å²) in [5.41, 5.74) is 5.84. The van der Waals surface area contributed by atoms with E-state index in [1.807, 2.05) is 0 Å². The summed E-state index contributed by atoms with van der Waals surface area (Å²) >= 11 is 0. The third-order valence-corrected chi connectivity index (χ3v) is 3.40. The molecular weight excluding hydrogens is 214 g/mol. The molecule has 1 atom stereocenters. The Balaban J connectivity index is 2.49. The Labute approximate surface area is 105 Å². The van der Waals surface area contributed by atoms with Gasteiger partial charge in [-0.25, -0.2) is 0 Å². The summed E-state index contributed by atoms with van der Waals surface area (Å²) < 4.78 is 0. The van der Waals surface area contributed by atoms with Crippen LogP contribution in [0.5, 0.6) is 0 Å². The molecule has 1 saturated carbocycles. The molecule has 100 valence electrons. The molecule has 0 spiro atoms. The summed E-state index contributed by atoms with van der Waals surface area (Å²) in [5, 5.41) is 0. The topological polar surface area (TPSA) is 49.6 Å². The summed E-state index contributed by atoms with van der Waals surface area (Å²) in [5.74, 6) is 1.03. The lowest BCUT2D eigenvalue weighted by Crippen LogP contribution is -2.45. The normalized spacial score (nSPS) is 17.2. The Morgan fingerprint density at radius 1 is 1.41 bits per heavy atom. The first-order valence-electron chi connectivity index (χ1n) is 6.72. The lowest BCUT2D eigenvalue weighted by atomic mass is 10.1. The summed E-state index contributed by atoms with van der Waals surface area (Å²) in [7, 11) is 3.61. The number of nitrogens with two attached hydrogens (primary N) is 1. The summed E-state index contributed by atoms with van der Waals surface area (Å²) in [6.45, 7) is 4.93. The first kappa shape index (κ1) is 14.5. The molecular formula is C13H27N3O. The molecule has 4 heteroatoms. The van der Waals surface area contributed by atoms with Crippen molar-refractivity contribution in [2.75, 3.05) is 33.7 Å². The molecule has 1 amide bonds. The zero-order valence-electron chi connectivity index (χ0n) is 11.5. The van der Waals surface area contributed by atoms with Crippen LogP contribution in [0.4, 0.5) is 0 Å². The van der Waals surface area contributed by atoms with Crippen LogP contribution >= 0.6 is 0 Å². The van der Waals surface area contributed by atoms with Gasteiger partial charge in [-0.3, -0.25) is 9.69 Å². The van der Waals surface area contributed by atoms with E-state index in [2.05, 4.69) is 11.8 Å². The van der Waals surface area contributed by atoms with Crippen molar-refractivity contribution in [3.05, 3.63) is 0 Å². The van der Waals surface area contributed by atoms with Gasteiger partial charge in [0.05, 0.1) is 0 Å². The van der Waals surface area contributed by atoms with Gasteiger partial charge in [-0.15, -0.1) is 0 Å². The van der Waals surface area contributed by atoms with Gasteiger partial charge in [0.15, 0.2) is 0 Å². The van der Waals surface area contributed by atoms with Crippen LogP contribution in [0.25, 0.3) is 0 Å². The van der Waals surface area contributed by atoms with Gasteiger partial charge in [-0.2, -0.15) is 0 Å². The first-order valence-corrected chi connectivity index (χ1v) is 6.72. The second kappa shape index (κ2) is 6.97. The van der Waals surface area contributed by atoms with Crippen LogP contribution in [0, 0.1) is 5.92 Å². The lowest BCUT2D eigenvalue weighted by molar-refractivity contribution is -0.130. The largest absolute Gasteiger partial charge is 0.349 e. The first-order chi connectivity index (χ1) is 8.08. The lowest BCUT2D eigenvalue weighted by Gasteiger charge is -2.31. The van der Waals surface area contributed by atoms with Crippen LogP contribution in [0.3, 0.4) is 0 Å². The number of amides is 1. The van der Waals surface area contributed by atoms with Gasteiger partial charge in [0.2, 0.25) is 5.91 Å². The molecule has 0 bridgehead atoms. The summed E-state index contributed by atoms with van der Waals surface area (Å²) in [4.78, 5) is 15.8. The quantitative estimate of drug-likeness (QED) is 0.687. The minimum absolute atomic E-state index is 0.178. The van der Waals surface area contributed by atoms with Crippen molar-refractivity contribution in [2.45, 2.75) is 38.6 Å². The fourth-order valence-electron chi connectivity index (χ4n) is 2.09. The van der Waals surface area contributed by atoms with E-state index >= 15 is 0 Å². The minimum atomic E-state index is 0.178. The maximum atomic E-state index is 11.8. The number of rotatable bonds is 8. The van der Waals surface area contributed by atoms with Crippen molar-refractivity contribution in [3.8, 4) is 0 Å². The van der Waals surface area contributed by atoms with Gasteiger partial charge in [-0.1, -0.05) is 6.92 Å². The molecule has 1 unspecified atom stereocenters. The highest BCUT2D eigenvalue weighted by molar-refractivity contribution is 5.76. The summed E-state index contributed by atoms with van der Waals surface area (Å²) in [6.07, 6.45) is 4.37. The molecule has 1 rings (SSSR count). The van der Waals surface area contributed by atoms with Crippen molar-refractivity contribution in [2.24, 2.45) is 11.7 Å². The maximum Gasteiger partial charge on any atom is 0.223 e. The number of nitrogens with zero attached hydrogens (tertiary/aromatic N) is 2. The Bertz CT molecular complexity index is 239. The van der Waals surface area contributed by atoms with Crippen LogP contribution in [-0.4, -0.2) is 55.5 Å². The van der Waals surface area contributed by atoms with Gasteiger partial charge in [0.1, 0.15) is 0 Å². The minimum Gasteiger partial charge on any atom is -0.349 e. The fourth-order valence-corrected chi connectivity index (χ4v) is 2.09. The molecule has 0 saturated heterocycles. The molecule has 4 nitrogen and oxygen atoms in total. The van der Waals surface area contributed by atoms with E-state index in [-0.39, 0.29) is 11.9 Å². The monoisotopic (exact) mass is 241 g/mol. The highest BCUT2D eigenvalue weighted by Gasteiger charge is 2.28. The van der Waals surface area contributed by atoms with Gasteiger partial charge in [0.25, 0.3) is 0 Å². The van der Waals surface area contributed by atoms with Crippen LogP contribution in [0.2, 0.25) is 0 Å². The second-order valence-electron chi connectivity index (χ2n) is 5.32. The Morgan fingerprint density at radius 2 is 2.06 bits per heavy atom. The van der Waals surface area contributed by atoms with E-state index < -0.39 is 0 Å². The molecule has 0 aromatic rings. The van der Waals surface area contributed by atoms with E-state index in [1.165, 1.54) is 12.8 Å². The van der Waals surface area contributed by atoms with E-state index in [4.69, 9.17) is 5.73 Å². The molecule has 0 aliphatic heterocycles. The van der Waals surface area contributed by atoms with E-state index in [9.17, 15) is 4.79 Å². The SMILES string of the molecule is CCCN(CC1CC1)C(CN)CC(=O)N(C)C. The molecule has 0 aromatic heterocycles. The van der Waals surface area contributed by atoms with Crippen molar-refractivity contribution in [3.63, 3.8) is 0 Å². The number of carbonyl (C=O) groups is 1. The van der Waals surface area contributed by atoms with Crippen LogP contribution in [0.15, 0.2) is 0 Å². The Kier molecular flexibility index (Phi) is 5.92. The van der Waals surface area contributed by atoms with Crippen molar-refractivity contribution < 1.29 is 4.79 Å². The molecule has 1 aliphatic rings. The second-order valence-corrected chi connectivity index (χ2v) is 5.32. The third kappa shape index (κ3) is 5.04. The zero-order valence-corrected chi connectivity index (χ0v) is 11.5. The highest BCUT2D eigenvalue weighted by Crippen LogP contribution is 2.30. The molecule has 1 fully saturated rings. The van der Waals surface area contributed by atoms with E-state index in [1.54, 1.807) is 19.0 Å². The zero-order chi connectivity index (χ0) is 12.8. The number of hydrogen-bond acceptors (Lipinski definition) is 3. The predicted octanol–water partition coefficient (Wildman–Crippen LogP) is 0.914. The standard InChI is InChI=1S/C13H27N3O/c1-4-7-16(10-11-5-6-11)12(9-14)8-13(17)15(2)3/h11-12H,4-10,14H2,1-3H3. The van der Waals surface area contributed by atoms with Crippen LogP contribution < -0.4 is 5.73 Å². The molecule has 1 aliphatic carbocycles. The van der Waals surface area contributed by atoms with Crippen molar-refractivity contribution in [1.82, 2.24) is 9.80 Å². The van der Waals surface area contributed by atoms with Crippen molar-refractivity contribution >= 4 is 5.91 Å². The molecule has 0 radical (unpaired) electrons. The third-order valence-electron chi connectivity index (χ3n) is 3.40. The van der Waals surface area contributed by atoms with Crippen molar-refractivity contribution in [1.29, 1.82) is 0 Å². The fraction of sp³-hybridized carbons (Fsp3) is 0.923. The van der Waals surface area contributed by atoms with Gasteiger partial charge in [-0.05, 0) is 31.7 Å². The smallest absolute Gasteiger partial charge is 0.223 e. The van der Waals surface area contributed by atoms with Crippen LogP contribution in [0.1, 0.15) is 32.6 Å². The molecule has 17 heavy (non-hydrogen) atoms. The van der Waals surface area contributed by atoms with E-state index in [0.717, 1.165) is 25.4 Å². The maximum absolute atomic E-state index is 11.8. The number of hydrogen-bond donors (Lipinski definition) is 1. The van der Waals surface area contributed by atoms with E-state index in [0.29, 0.717) is 13.0 Å². The molecule has 2 N–H and O–H groups in total. The van der Waals surface area contributed by atoms with Gasteiger partial charge < -0.3 is 10.6 Å². The molecule has 0 aromatic carbocycles. The average molecular weight is 241 g/mol. The van der Waals surface area contributed by atoms with Gasteiger partial charge >= 0.3 is 0 Å². The Morgan fingerprint density at radius 3 is 2.47 bits per heavy atom. The highest BCUT2D eigenvalue weighted by atomic mass is 16.2. The predicted molar refractivity (Wildman–Crippen MR) is 70.7 cm³/mol. The molecule has 0 heterocycles. The Hall–Kier alpha value is -0.610. The average Bonchev–Trinajstić information content (AvgIpc) is 3.08. The summed E-state index contributed by atoms with van der Waals surface area (Å²) in [6, 6.07) is 0.213.